The van der Waals surface area contributed by atoms with Gasteiger partial charge in [0, 0.05) is 0 Å². The second-order valence-electron chi connectivity index (χ2n) is 10.3. The number of hydrogen-bond donors (Lipinski definition) is 0. The molecule has 35 heavy (non-hydrogen) atoms. The first kappa shape index (κ1) is 22.9. The van der Waals surface area contributed by atoms with Gasteiger partial charge in [-0.05, 0) is 68.0 Å². The molecule has 0 saturated heterocycles. The normalized spacial score (nSPS) is 11.4. The van der Waals surface area contributed by atoms with Crippen LogP contribution in [0.15, 0.2) is 121 Å². The van der Waals surface area contributed by atoms with E-state index in [1.165, 1.54) is 55.6 Å². The minimum atomic E-state index is 0.0607. The first-order chi connectivity index (χ1) is 16.9. The van der Waals surface area contributed by atoms with Crippen molar-refractivity contribution < 1.29 is 0 Å². The molecule has 5 aromatic carbocycles. The van der Waals surface area contributed by atoms with Gasteiger partial charge in [0.1, 0.15) is 0 Å². The average Bonchev–Trinajstić information content (AvgIpc) is 2.89. The van der Waals surface area contributed by atoms with Gasteiger partial charge in [-0.2, -0.15) is 0 Å². The Kier molecular flexibility index (Phi) is 6.14. The Labute approximate surface area is 209 Å². The van der Waals surface area contributed by atoms with Gasteiger partial charge in [0.15, 0.2) is 0 Å². The summed E-state index contributed by atoms with van der Waals surface area (Å²) in [5.41, 5.74) is 12.9. The van der Waals surface area contributed by atoms with Gasteiger partial charge >= 0.3 is 0 Å². The van der Waals surface area contributed by atoms with Crippen molar-refractivity contribution in [1.29, 1.82) is 0 Å². The fourth-order valence-electron chi connectivity index (χ4n) is 4.69. The van der Waals surface area contributed by atoms with Crippen LogP contribution in [0.4, 0.5) is 0 Å². The maximum atomic E-state index is 2.38. The molecule has 0 saturated carbocycles. The zero-order valence-corrected chi connectivity index (χ0v) is 21.0. The van der Waals surface area contributed by atoms with Crippen molar-refractivity contribution in [3.63, 3.8) is 0 Å². The summed E-state index contributed by atoms with van der Waals surface area (Å²) in [4.78, 5) is 0. The van der Waals surface area contributed by atoms with E-state index in [0.29, 0.717) is 0 Å². The van der Waals surface area contributed by atoms with Crippen LogP contribution in [-0.2, 0) is 5.41 Å². The van der Waals surface area contributed by atoms with Gasteiger partial charge in [0.05, 0.1) is 0 Å². The van der Waals surface area contributed by atoms with Crippen molar-refractivity contribution in [3.05, 3.63) is 132 Å². The van der Waals surface area contributed by atoms with Gasteiger partial charge in [-0.3, -0.25) is 0 Å². The zero-order chi connectivity index (χ0) is 24.4. The van der Waals surface area contributed by atoms with Crippen molar-refractivity contribution >= 4 is 0 Å². The molecule has 0 aromatic heterocycles. The van der Waals surface area contributed by atoms with Crippen LogP contribution >= 0.6 is 0 Å². The molecule has 0 heterocycles. The molecule has 0 amide bonds. The average molecular weight is 453 g/mol. The Balaban J connectivity index is 1.58. The lowest BCUT2D eigenvalue weighted by Gasteiger charge is -2.24. The molecule has 0 bridgehead atoms. The second-order valence-corrected chi connectivity index (χ2v) is 10.3. The van der Waals surface area contributed by atoms with Crippen LogP contribution in [0.5, 0.6) is 0 Å². The fourth-order valence-corrected chi connectivity index (χ4v) is 4.69. The van der Waals surface area contributed by atoms with Gasteiger partial charge in [0.25, 0.3) is 0 Å². The van der Waals surface area contributed by atoms with Crippen LogP contribution in [0.1, 0.15) is 31.9 Å². The molecule has 0 unspecified atom stereocenters. The summed E-state index contributed by atoms with van der Waals surface area (Å²) in [5.74, 6) is 0. The molecule has 0 aliphatic carbocycles. The Hall–Kier alpha value is -3.90. The predicted molar refractivity (Wildman–Crippen MR) is 152 cm³/mol. The minimum Gasteiger partial charge on any atom is -0.0622 e. The fraction of sp³-hybridized carbons (Fsp3) is 0.143. The highest BCUT2D eigenvalue weighted by molar-refractivity contribution is 5.81. The Morgan fingerprint density at radius 1 is 0.400 bits per heavy atom. The largest absolute Gasteiger partial charge is 0.0622 e. The number of hydrogen-bond acceptors (Lipinski definition) is 0. The van der Waals surface area contributed by atoms with Gasteiger partial charge in [-0.15, -0.1) is 0 Å². The molecule has 0 radical (unpaired) electrons. The summed E-state index contributed by atoms with van der Waals surface area (Å²) in [6, 6.07) is 43.9. The lowest BCUT2D eigenvalue weighted by atomic mass is 9.81. The van der Waals surface area contributed by atoms with E-state index in [4.69, 9.17) is 0 Å². The highest BCUT2D eigenvalue weighted by Gasteiger charge is 2.19. The molecule has 0 fully saturated rings. The SMILES string of the molecule is Cc1c(-c2ccc(-c3ccccc3)cc2)cc(C(C)(C)C)cc1-c1ccc(-c2ccccc2)cc1. The maximum Gasteiger partial charge on any atom is -0.0131 e. The van der Waals surface area contributed by atoms with E-state index < -0.39 is 0 Å². The standard InChI is InChI=1S/C35H32/c1-25-33(30-19-15-28(16-20-30)26-11-7-5-8-12-26)23-32(35(2,3)4)24-34(25)31-21-17-29(18-22-31)27-13-9-6-10-14-27/h5-24H,1-4H3. The quantitative estimate of drug-likeness (QED) is 0.254. The van der Waals surface area contributed by atoms with Crippen LogP contribution in [0.2, 0.25) is 0 Å². The molecular formula is C35H32. The van der Waals surface area contributed by atoms with Crippen LogP contribution < -0.4 is 0 Å². The van der Waals surface area contributed by atoms with Crippen molar-refractivity contribution in [2.24, 2.45) is 0 Å². The van der Waals surface area contributed by atoms with E-state index in [0.717, 1.165) is 0 Å². The Bertz CT molecular complexity index is 1310. The van der Waals surface area contributed by atoms with Gasteiger partial charge in [0.2, 0.25) is 0 Å². The minimum absolute atomic E-state index is 0.0607. The summed E-state index contributed by atoms with van der Waals surface area (Å²) in [7, 11) is 0. The van der Waals surface area contributed by atoms with Crippen LogP contribution in [0.25, 0.3) is 44.5 Å². The van der Waals surface area contributed by atoms with Crippen molar-refractivity contribution in [2.45, 2.75) is 33.1 Å². The summed E-state index contributed by atoms with van der Waals surface area (Å²) >= 11 is 0. The monoisotopic (exact) mass is 452 g/mol. The Morgan fingerprint density at radius 3 is 1.06 bits per heavy atom. The predicted octanol–water partition coefficient (Wildman–Crippen LogP) is 9.96. The molecular weight excluding hydrogens is 420 g/mol. The molecule has 5 rings (SSSR count). The third-order valence-corrected chi connectivity index (χ3v) is 6.88. The van der Waals surface area contributed by atoms with E-state index in [-0.39, 0.29) is 5.41 Å². The van der Waals surface area contributed by atoms with Crippen molar-refractivity contribution in [2.75, 3.05) is 0 Å². The molecule has 0 spiro atoms. The molecule has 0 aliphatic rings. The molecule has 0 N–H and O–H groups in total. The summed E-state index contributed by atoms with van der Waals surface area (Å²) < 4.78 is 0. The third kappa shape index (κ3) is 4.84. The summed E-state index contributed by atoms with van der Waals surface area (Å²) in [5, 5.41) is 0. The van der Waals surface area contributed by atoms with E-state index in [2.05, 4.69) is 149 Å². The highest BCUT2D eigenvalue weighted by atomic mass is 14.2. The molecule has 0 atom stereocenters. The van der Waals surface area contributed by atoms with Crippen molar-refractivity contribution in [1.82, 2.24) is 0 Å². The maximum absolute atomic E-state index is 2.38. The van der Waals surface area contributed by atoms with Crippen LogP contribution in [0.3, 0.4) is 0 Å². The summed E-state index contributed by atoms with van der Waals surface area (Å²) in [6.07, 6.45) is 0. The molecule has 172 valence electrons. The topological polar surface area (TPSA) is 0 Å². The molecule has 0 nitrogen and oxygen atoms in total. The number of benzene rings is 5. The summed E-state index contributed by atoms with van der Waals surface area (Å²) in [6.45, 7) is 9.14. The lowest BCUT2D eigenvalue weighted by Crippen LogP contribution is -2.12. The molecule has 5 aromatic rings. The molecule has 0 heteroatoms. The van der Waals surface area contributed by atoms with Crippen LogP contribution in [-0.4, -0.2) is 0 Å². The second kappa shape index (κ2) is 9.39. The Morgan fingerprint density at radius 2 is 0.714 bits per heavy atom. The van der Waals surface area contributed by atoms with E-state index in [9.17, 15) is 0 Å². The zero-order valence-electron chi connectivity index (χ0n) is 21.0. The van der Waals surface area contributed by atoms with E-state index in [1.54, 1.807) is 0 Å². The number of rotatable bonds is 4. The molecule has 0 aliphatic heterocycles. The third-order valence-electron chi connectivity index (χ3n) is 6.88. The smallest absolute Gasteiger partial charge is 0.0131 e. The van der Waals surface area contributed by atoms with Gasteiger partial charge in [-0.25, -0.2) is 0 Å². The highest BCUT2D eigenvalue weighted by Crippen LogP contribution is 2.38. The van der Waals surface area contributed by atoms with Crippen LogP contribution in [0, 0.1) is 6.92 Å². The lowest BCUT2D eigenvalue weighted by molar-refractivity contribution is 0.590. The van der Waals surface area contributed by atoms with E-state index in [1.807, 2.05) is 0 Å². The van der Waals surface area contributed by atoms with E-state index >= 15 is 0 Å². The van der Waals surface area contributed by atoms with Gasteiger partial charge < -0.3 is 0 Å². The van der Waals surface area contributed by atoms with Crippen molar-refractivity contribution in [3.8, 4) is 44.5 Å². The van der Waals surface area contributed by atoms with Gasteiger partial charge in [-0.1, -0.05) is 142 Å². The first-order valence-electron chi connectivity index (χ1n) is 12.4. The first-order valence-corrected chi connectivity index (χ1v) is 12.4.